The van der Waals surface area contributed by atoms with Crippen LogP contribution in [0.3, 0.4) is 0 Å². The zero-order valence-electron chi connectivity index (χ0n) is 14.8. The third kappa shape index (κ3) is 6.20. The van der Waals surface area contributed by atoms with Crippen LogP contribution in [-0.4, -0.2) is 24.6 Å². The molecule has 0 saturated heterocycles. The summed E-state index contributed by atoms with van der Waals surface area (Å²) in [5.41, 5.74) is 1.74. The van der Waals surface area contributed by atoms with Crippen molar-refractivity contribution in [2.24, 2.45) is 0 Å². The first-order valence-corrected chi connectivity index (χ1v) is 8.36. The molecule has 1 atom stereocenters. The van der Waals surface area contributed by atoms with Crippen LogP contribution >= 0.6 is 0 Å². The van der Waals surface area contributed by atoms with Gasteiger partial charge in [0.25, 0.3) is 5.91 Å². The predicted molar refractivity (Wildman–Crippen MR) is 95.1 cm³/mol. The van der Waals surface area contributed by atoms with E-state index < -0.39 is 18.0 Å². The normalized spacial score (nSPS) is 11.5. The van der Waals surface area contributed by atoms with Crippen LogP contribution in [0.2, 0.25) is 0 Å². The predicted octanol–water partition coefficient (Wildman–Crippen LogP) is 3.15. The Labute approximate surface area is 152 Å². The van der Waals surface area contributed by atoms with Crippen molar-refractivity contribution in [3.8, 4) is 5.75 Å². The lowest BCUT2D eigenvalue weighted by Crippen LogP contribution is -2.35. The second-order valence-corrected chi connectivity index (χ2v) is 5.84. The molecular formula is C20H22FNO4. The Kier molecular flexibility index (Phi) is 7.14. The first-order valence-electron chi connectivity index (χ1n) is 8.36. The minimum Gasteiger partial charge on any atom is -0.493 e. The molecule has 2 rings (SSSR count). The molecule has 0 aromatic heterocycles. The Morgan fingerprint density at radius 3 is 2.50 bits per heavy atom. The molecule has 0 aliphatic carbocycles. The van der Waals surface area contributed by atoms with Crippen LogP contribution in [0.4, 0.5) is 4.39 Å². The maximum absolute atomic E-state index is 12.8. The maximum Gasteiger partial charge on any atom is 0.310 e. The van der Waals surface area contributed by atoms with Gasteiger partial charge in [-0.1, -0.05) is 30.3 Å². The number of rotatable bonds is 8. The van der Waals surface area contributed by atoms with Crippen LogP contribution in [0.1, 0.15) is 24.5 Å². The van der Waals surface area contributed by atoms with E-state index in [0.717, 1.165) is 11.1 Å². The van der Waals surface area contributed by atoms with Crippen molar-refractivity contribution in [1.29, 1.82) is 0 Å². The lowest BCUT2D eigenvalue weighted by Gasteiger charge is -2.14. The summed E-state index contributed by atoms with van der Waals surface area (Å²) in [5.74, 6) is -0.550. The fourth-order valence-corrected chi connectivity index (χ4v) is 2.21. The summed E-state index contributed by atoms with van der Waals surface area (Å²) in [4.78, 5) is 23.8. The Hall–Kier alpha value is -2.89. The molecule has 0 heterocycles. The van der Waals surface area contributed by atoms with Crippen LogP contribution in [-0.2, 0) is 20.9 Å². The molecule has 26 heavy (non-hydrogen) atoms. The Bertz CT molecular complexity index is 746. The van der Waals surface area contributed by atoms with Gasteiger partial charge in [-0.15, -0.1) is 0 Å². The molecule has 0 radical (unpaired) electrons. The molecule has 2 aromatic carbocycles. The molecule has 2 aromatic rings. The van der Waals surface area contributed by atoms with Crippen LogP contribution in [0, 0.1) is 12.7 Å². The number of carbonyl (C=O) groups is 2. The minimum absolute atomic E-state index is 0.0456. The van der Waals surface area contributed by atoms with Crippen molar-refractivity contribution >= 4 is 11.9 Å². The highest BCUT2D eigenvalue weighted by molar-refractivity contribution is 5.83. The van der Waals surface area contributed by atoms with Crippen LogP contribution in [0.25, 0.3) is 0 Å². The number of hydrogen-bond acceptors (Lipinski definition) is 4. The topological polar surface area (TPSA) is 64.6 Å². The summed E-state index contributed by atoms with van der Waals surface area (Å²) in [5, 5.41) is 2.64. The molecule has 0 aliphatic rings. The van der Waals surface area contributed by atoms with E-state index in [9.17, 15) is 14.0 Å². The fraction of sp³-hybridized carbons (Fsp3) is 0.300. The summed E-state index contributed by atoms with van der Waals surface area (Å²) in [6.45, 7) is 3.83. The first kappa shape index (κ1) is 19.4. The van der Waals surface area contributed by atoms with Gasteiger partial charge < -0.3 is 14.8 Å². The number of carbonyl (C=O) groups excluding carboxylic acids is 2. The van der Waals surface area contributed by atoms with Gasteiger partial charge in [0.2, 0.25) is 0 Å². The van der Waals surface area contributed by atoms with Gasteiger partial charge in [0, 0.05) is 6.54 Å². The SMILES string of the molecule is Cc1ccccc1OCCC(=O)O[C@H](C)C(=O)NCc1ccc(F)cc1. The standard InChI is InChI=1S/C20H22FNO4/c1-14-5-3-4-6-18(14)25-12-11-19(23)26-15(2)20(24)22-13-16-7-9-17(21)10-8-16/h3-10,15H,11-13H2,1-2H3,(H,22,24)/t15-/m1/s1. The molecule has 6 heteroatoms. The number of para-hydroxylation sites is 1. The Balaban J connectivity index is 1.69. The molecule has 1 amide bonds. The second kappa shape index (κ2) is 9.56. The van der Waals surface area contributed by atoms with Crippen molar-refractivity contribution < 1.29 is 23.5 Å². The Morgan fingerprint density at radius 2 is 1.81 bits per heavy atom. The van der Waals surface area contributed by atoms with E-state index in [4.69, 9.17) is 9.47 Å². The van der Waals surface area contributed by atoms with Crippen LogP contribution < -0.4 is 10.1 Å². The van der Waals surface area contributed by atoms with Gasteiger partial charge in [0.15, 0.2) is 6.10 Å². The van der Waals surface area contributed by atoms with Gasteiger partial charge in [-0.25, -0.2) is 4.39 Å². The quantitative estimate of drug-likeness (QED) is 0.736. The monoisotopic (exact) mass is 359 g/mol. The summed E-state index contributed by atoms with van der Waals surface area (Å²) in [6.07, 6.45) is -0.870. The van der Waals surface area contributed by atoms with Gasteiger partial charge in [0.1, 0.15) is 11.6 Å². The summed E-state index contributed by atoms with van der Waals surface area (Å²) >= 11 is 0. The largest absolute Gasteiger partial charge is 0.493 e. The number of ether oxygens (including phenoxy) is 2. The molecule has 0 aliphatic heterocycles. The van der Waals surface area contributed by atoms with E-state index in [-0.39, 0.29) is 25.4 Å². The zero-order valence-corrected chi connectivity index (χ0v) is 14.8. The second-order valence-electron chi connectivity index (χ2n) is 5.84. The maximum atomic E-state index is 12.8. The van der Waals surface area contributed by atoms with Crippen LogP contribution in [0.15, 0.2) is 48.5 Å². The van der Waals surface area contributed by atoms with Crippen molar-refractivity contribution in [2.45, 2.75) is 32.9 Å². The van der Waals surface area contributed by atoms with Gasteiger partial charge in [-0.05, 0) is 43.2 Å². The van der Waals surface area contributed by atoms with E-state index in [1.165, 1.54) is 19.1 Å². The van der Waals surface area contributed by atoms with Crippen molar-refractivity contribution in [3.63, 3.8) is 0 Å². The van der Waals surface area contributed by atoms with Gasteiger partial charge in [-0.2, -0.15) is 0 Å². The van der Waals surface area contributed by atoms with E-state index in [2.05, 4.69) is 5.32 Å². The third-order valence-electron chi connectivity index (χ3n) is 3.71. The molecule has 5 nitrogen and oxygen atoms in total. The number of benzene rings is 2. The van der Waals surface area contributed by atoms with Crippen molar-refractivity contribution in [2.75, 3.05) is 6.61 Å². The molecule has 138 valence electrons. The molecule has 0 unspecified atom stereocenters. The number of hydrogen-bond donors (Lipinski definition) is 1. The summed E-state index contributed by atoms with van der Waals surface area (Å²) in [7, 11) is 0. The zero-order chi connectivity index (χ0) is 18.9. The Morgan fingerprint density at radius 1 is 1.12 bits per heavy atom. The molecule has 1 N–H and O–H groups in total. The van der Waals surface area contributed by atoms with Crippen LogP contribution in [0.5, 0.6) is 5.75 Å². The number of nitrogens with one attached hydrogen (secondary N) is 1. The smallest absolute Gasteiger partial charge is 0.310 e. The molecular weight excluding hydrogens is 337 g/mol. The van der Waals surface area contributed by atoms with E-state index in [1.807, 2.05) is 31.2 Å². The molecule has 0 saturated carbocycles. The summed E-state index contributed by atoms with van der Waals surface area (Å²) < 4.78 is 23.5. The third-order valence-corrected chi connectivity index (χ3v) is 3.71. The average molecular weight is 359 g/mol. The lowest BCUT2D eigenvalue weighted by molar-refractivity contribution is -0.155. The molecule has 0 spiro atoms. The van der Waals surface area contributed by atoms with Gasteiger partial charge in [0.05, 0.1) is 13.0 Å². The average Bonchev–Trinajstić information content (AvgIpc) is 2.62. The van der Waals surface area contributed by atoms with Gasteiger partial charge >= 0.3 is 5.97 Å². The van der Waals surface area contributed by atoms with E-state index in [0.29, 0.717) is 5.75 Å². The first-order chi connectivity index (χ1) is 12.5. The lowest BCUT2D eigenvalue weighted by atomic mass is 10.2. The highest BCUT2D eigenvalue weighted by atomic mass is 19.1. The summed E-state index contributed by atoms with van der Waals surface area (Å²) in [6, 6.07) is 13.3. The minimum atomic E-state index is -0.915. The number of aryl methyl sites for hydroxylation is 1. The van der Waals surface area contributed by atoms with E-state index in [1.54, 1.807) is 12.1 Å². The van der Waals surface area contributed by atoms with E-state index >= 15 is 0 Å². The number of amides is 1. The van der Waals surface area contributed by atoms with Crippen molar-refractivity contribution in [3.05, 3.63) is 65.5 Å². The number of halogens is 1. The highest BCUT2D eigenvalue weighted by Crippen LogP contribution is 2.16. The number of esters is 1. The van der Waals surface area contributed by atoms with Crippen molar-refractivity contribution in [1.82, 2.24) is 5.32 Å². The van der Waals surface area contributed by atoms with Gasteiger partial charge in [-0.3, -0.25) is 9.59 Å². The fourth-order valence-electron chi connectivity index (χ4n) is 2.21. The highest BCUT2D eigenvalue weighted by Gasteiger charge is 2.17. The molecule has 0 fully saturated rings. The molecule has 0 bridgehead atoms.